The number of anilines is 1. The molecule has 0 saturated heterocycles. The third-order valence-electron chi connectivity index (χ3n) is 4.03. The first kappa shape index (κ1) is 22.4. The highest BCUT2D eigenvalue weighted by Crippen LogP contribution is 2.35. The summed E-state index contributed by atoms with van der Waals surface area (Å²) in [7, 11) is -3.31. The van der Waals surface area contributed by atoms with Crippen LogP contribution in [0.4, 0.5) is 14.5 Å². The maximum absolute atomic E-state index is 12.6. The van der Waals surface area contributed by atoms with Gasteiger partial charge in [-0.3, -0.25) is 0 Å². The van der Waals surface area contributed by atoms with Crippen molar-refractivity contribution in [2.24, 2.45) is 0 Å². The van der Waals surface area contributed by atoms with Crippen molar-refractivity contribution in [2.75, 3.05) is 24.3 Å². The van der Waals surface area contributed by atoms with Gasteiger partial charge in [0.2, 0.25) is 0 Å². The summed E-state index contributed by atoms with van der Waals surface area (Å²) in [4.78, 5) is 0. The molecule has 0 aliphatic rings. The van der Waals surface area contributed by atoms with Gasteiger partial charge in [-0.15, -0.1) is 0 Å². The van der Waals surface area contributed by atoms with Crippen molar-refractivity contribution < 1.29 is 26.7 Å². The van der Waals surface area contributed by atoms with Crippen LogP contribution in [-0.2, 0) is 16.3 Å². The quantitative estimate of drug-likeness (QED) is 0.541. The lowest BCUT2D eigenvalue weighted by Gasteiger charge is -2.20. The van der Waals surface area contributed by atoms with E-state index in [1.807, 2.05) is 12.1 Å². The lowest BCUT2D eigenvalue weighted by atomic mass is 9.92. The Morgan fingerprint density at radius 3 is 2.43 bits per heavy atom. The molecule has 0 aromatic heterocycles. The molecule has 2 aromatic carbocycles. The van der Waals surface area contributed by atoms with Crippen molar-refractivity contribution in [1.82, 2.24) is 0 Å². The zero-order valence-electron chi connectivity index (χ0n) is 15.5. The maximum Gasteiger partial charge on any atom is 0.387 e. The summed E-state index contributed by atoms with van der Waals surface area (Å²) < 4.78 is 59.9. The van der Waals surface area contributed by atoms with Gasteiger partial charge in [0, 0.05) is 22.3 Å². The van der Waals surface area contributed by atoms with Gasteiger partial charge in [0.1, 0.15) is 9.84 Å². The average molecular weight is 478 g/mol. The summed E-state index contributed by atoms with van der Waals surface area (Å²) >= 11 is 3.34. The molecule has 28 heavy (non-hydrogen) atoms. The summed E-state index contributed by atoms with van der Waals surface area (Å²) in [5, 5.41) is 0. The number of rotatable bonds is 9. The van der Waals surface area contributed by atoms with Gasteiger partial charge in [-0.05, 0) is 48.7 Å². The van der Waals surface area contributed by atoms with Crippen molar-refractivity contribution >= 4 is 31.5 Å². The molecule has 0 amide bonds. The number of benzene rings is 2. The Morgan fingerprint density at radius 1 is 1.14 bits per heavy atom. The monoisotopic (exact) mass is 477 g/mol. The topological polar surface area (TPSA) is 78.6 Å². The van der Waals surface area contributed by atoms with Crippen LogP contribution in [0.15, 0.2) is 40.9 Å². The Labute approximate surface area is 171 Å². The largest absolute Gasteiger partial charge is 0.490 e. The molecule has 0 bridgehead atoms. The Balaban J connectivity index is 2.43. The second-order valence-corrected chi connectivity index (χ2v) is 9.45. The van der Waals surface area contributed by atoms with Gasteiger partial charge >= 0.3 is 6.61 Å². The maximum atomic E-state index is 12.6. The zero-order chi connectivity index (χ0) is 20.9. The van der Waals surface area contributed by atoms with Crippen molar-refractivity contribution in [2.45, 2.75) is 25.9 Å². The smallest absolute Gasteiger partial charge is 0.387 e. The van der Waals surface area contributed by atoms with Crippen LogP contribution >= 0.6 is 15.9 Å². The van der Waals surface area contributed by atoms with Crippen LogP contribution in [0.2, 0.25) is 0 Å². The van der Waals surface area contributed by atoms with E-state index in [-0.39, 0.29) is 23.9 Å². The Morgan fingerprint density at radius 2 is 1.86 bits per heavy atom. The van der Waals surface area contributed by atoms with Crippen LogP contribution in [0, 0.1) is 0 Å². The first-order valence-electron chi connectivity index (χ1n) is 8.52. The molecule has 0 fully saturated rings. The molecule has 0 aliphatic carbocycles. The Hall–Kier alpha value is -1.87. The standard InChI is InChI=1S/C19H22BrF2NO4S/c1-3-26-18-9-12(5-7-17(18)27-19(21)22)14(11-28(2,24)25)8-13-4-6-15(20)10-16(13)23/h4-7,9-10,14,19H,3,8,11,23H2,1-2H3. The van der Waals surface area contributed by atoms with Crippen LogP contribution in [0.25, 0.3) is 0 Å². The molecule has 9 heteroatoms. The third kappa shape index (κ3) is 6.63. The molecule has 0 saturated carbocycles. The van der Waals surface area contributed by atoms with E-state index in [4.69, 9.17) is 10.5 Å². The lowest BCUT2D eigenvalue weighted by molar-refractivity contribution is -0.0514. The molecule has 154 valence electrons. The molecule has 2 rings (SSSR count). The Kier molecular flexibility index (Phi) is 7.65. The second kappa shape index (κ2) is 9.56. The molecule has 2 aromatic rings. The molecule has 5 nitrogen and oxygen atoms in total. The van der Waals surface area contributed by atoms with Crippen LogP contribution in [-0.4, -0.2) is 33.6 Å². The first-order chi connectivity index (χ1) is 13.1. The van der Waals surface area contributed by atoms with Crippen LogP contribution in [0.1, 0.15) is 24.0 Å². The lowest BCUT2D eigenvalue weighted by Crippen LogP contribution is -2.17. The fourth-order valence-electron chi connectivity index (χ4n) is 2.90. The van der Waals surface area contributed by atoms with E-state index in [1.54, 1.807) is 25.1 Å². The summed E-state index contributed by atoms with van der Waals surface area (Å²) in [6.07, 6.45) is 1.52. The molecule has 0 spiro atoms. The SMILES string of the molecule is CCOc1cc(C(Cc2ccc(Br)cc2N)CS(C)(=O)=O)ccc1OC(F)F. The molecule has 0 heterocycles. The first-order valence-corrected chi connectivity index (χ1v) is 11.4. The normalized spacial score (nSPS) is 12.8. The molecular weight excluding hydrogens is 456 g/mol. The van der Waals surface area contributed by atoms with Gasteiger partial charge in [-0.2, -0.15) is 8.78 Å². The number of halogens is 3. The van der Waals surface area contributed by atoms with E-state index < -0.39 is 22.4 Å². The highest BCUT2D eigenvalue weighted by Gasteiger charge is 2.22. The number of ether oxygens (including phenoxy) is 2. The highest BCUT2D eigenvalue weighted by molar-refractivity contribution is 9.10. The van der Waals surface area contributed by atoms with Crippen molar-refractivity contribution in [3.63, 3.8) is 0 Å². The zero-order valence-corrected chi connectivity index (χ0v) is 17.9. The van der Waals surface area contributed by atoms with Crippen LogP contribution < -0.4 is 15.2 Å². The van der Waals surface area contributed by atoms with E-state index >= 15 is 0 Å². The van der Waals surface area contributed by atoms with Gasteiger partial charge in [-0.25, -0.2) is 8.42 Å². The summed E-state index contributed by atoms with van der Waals surface area (Å²) in [6.45, 7) is -1.02. The molecule has 1 unspecified atom stereocenters. The highest BCUT2D eigenvalue weighted by atomic mass is 79.9. The van der Waals surface area contributed by atoms with E-state index in [0.29, 0.717) is 17.7 Å². The fraction of sp³-hybridized carbons (Fsp3) is 0.368. The number of hydrogen-bond acceptors (Lipinski definition) is 5. The second-order valence-electron chi connectivity index (χ2n) is 6.35. The van der Waals surface area contributed by atoms with Gasteiger partial charge < -0.3 is 15.2 Å². The summed E-state index contributed by atoms with van der Waals surface area (Å²) in [6, 6.07) is 9.89. The number of nitrogens with two attached hydrogens (primary N) is 1. The van der Waals surface area contributed by atoms with Crippen molar-refractivity contribution in [1.29, 1.82) is 0 Å². The van der Waals surface area contributed by atoms with E-state index in [1.165, 1.54) is 6.07 Å². The number of hydrogen-bond donors (Lipinski definition) is 1. The molecule has 0 aliphatic heterocycles. The van der Waals surface area contributed by atoms with E-state index in [0.717, 1.165) is 16.3 Å². The van der Waals surface area contributed by atoms with Crippen LogP contribution in [0.3, 0.4) is 0 Å². The van der Waals surface area contributed by atoms with Gasteiger partial charge in [-0.1, -0.05) is 28.1 Å². The third-order valence-corrected chi connectivity index (χ3v) is 5.53. The average Bonchev–Trinajstić information content (AvgIpc) is 2.57. The molecular formula is C19H22BrF2NO4S. The summed E-state index contributed by atoms with van der Waals surface area (Å²) in [5.41, 5.74) is 8.03. The minimum atomic E-state index is -3.31. The minimum absolute atomic E-state index is 0.0955. The van der Waals surface area contributed by atoms with Gasteiger partial charge in [0.25, 0.3) is 0 Å². The van der Waals surface area contributed by atoms with Crippen molar-refractivity contribution in [3.05, 3.63) is 52.0 Å². The Bertz CT molecular complexity index is 922. The van der Waals surface area contributed by atoms with Gasteiger partial charge in [0.15, 0.2) is 11.5 Å². The predicted molar refractivity (Wildman–Crippen MR) is 109 cm³/mol. The molecule has 0 radical (unpaired) electrons. The number of sulfone groups is 1. The van der Waals surface area contributed by atoms with E-state index in [2.05, 4.69) is 20.7 Å². The summed E-state index contributed by atoms with van der Waals surface area (Å²) in [5.74, 6) is -0.508. The van der Waals surface area contributed by atoms with Crippen molar-refractivity contribution in [3.8, 4) is 11.5 Å². The fourth-order valence-corrected chi connectivity index (χ4v) is 4.32. The van der Waals surface area contributed by atoms with Crippen LogP contribution in [0.5, 0.6) is 11.5 Å². The predicted octanol–water partition coefficient (Wildman–Crippen LogP) is 4.40. The number of alkyl halides is 2. The number of nitrogen functional groups attached to an aromatic ring is 1. The minimum Gasteiger partial charge on any atom is -0.490 e. The molecule has 1 atom stereocenters. The van der Waals surface area contributed by atoms with Gasteiger partial charge in [0.05, 0.1) is 12.4 Å². The molecule has 2 N–H and O–H groups in total. The van der Waals surface area contributed by atoms with E-state index in [9.17, 15) is 17.2 Å².